The maximum absolute atomic E-state index is 5.91. The summed E-state index contributed by atoms with van der Waals surface area (Å²) in [6.45, 7) is 10.3. The normalized spacial score (nSPS) is 18.4. The largest absolute Gasteiger partial charge is 0.473 e. The summed E-state index contributed by atoms with van der Waals surface area (Å²) in [6, 6.07) is 3.08. The first-order valence-corrected chi connectivity index (χ1v) is 13.3. The number of pyridine rings is 1. The quantitative estimate of drug-likeness (QED) is 0.460. The van der Waals surface area contributed by atoms with Crippen LogP contribution in [0, 0.1) is 0 Å². The SMILES string of the molecule is C[Si](C)(C)CCOCn1nc(OC[C@H]2COCCO2)c2cc(Br)cnc21. The zero-order valence-electron chi connectivity index (χ0n) is 15.5. The first kappa shape index (κ1) is 19.8. The molecule has 3 heterocycles. The third-order valence-corrected chi connectivity index (χ3v) is 6.16. The third-order valence-electron chi connectivity index (χ3n) is 4.02. The fraction of sp³-hybridized carbons (Fsp3) is 0.647. The van der Waals surface area contributed by atoms with Gasteiger partial charge >= 0.3 is 0 Å². The van der Waals surface area contributed by atoms with Gasteiger partial charge in [0.2, 0.25) is 5.88 Å². The summed E-state index contributed by atoms with van der Waals surface area (Å²) in [5, 5.41) is 5.40. The molecule has 144 valence electrons. The Morgan fingerprint density at radius 2 is 2.19 bits per heavy atom. The van der Waals surface area contributed by atoms with Crippen molar-refractivity contribution in [3.8, 4) is 5.88 Å². The molecule has 9 heteroatoms. The van der Waals surface area contributed by atoms with Crippen LogP contribution in [0.2, 0.25) is 25.7 Å². The van der Waals surface area contributed by atoms with E-state index in [0.717, 1.165) is 28.2 Å². The van der Waals surface area contributed by atoms with Gasteiger partial charge in [0, 0.05) is 25.4 Å². The van der Waals surface area contributed by atoms with Crippen molar-refractivity contribution >= 4 is 35.0 Å². The van der Waals surface area contributed by atoms with Crippen molar-refractivity contribution in [3.63, 3.8) is 0 Å². The number of halogens is 1. The molecule has 3 rings (SSSR count). The maximum atomic E-state index is 5.91. The average molecular weight is 444 g/mol. The van der Waals surface area contributed by atoms with E-state index in [9.17, 15) is 0 Å². The van der Waals surface area contributed by atoms with Crippen molar-refractivity contribution < 1.29 is 18.9 Å². The molecule has 1 aliphatic heterocycles. The monoisotopic (exact) mass is 443 g/mol. The second-order valence-corrected chi connectivity index (χ2v) is 14.1. The minimum atomic E-state index is -1.11. The van der Waals surface area contributed by atoms with Crippen LogP contribution in [0.5, 0.6) is 5.88 Å². The summed E-state index contributed by atoms with van der Waals surface area (Å²) >= 11 is 3.46. The summed E-state index contributed by atoms with van der Waals surface area (Å²) in [5.41, 5.74) is 0.747. The zero-order valence-corrected chi connectivity index (χ0v) is 18.1. The highest BCUT2D eigenvalue weighted by Gasteiger charge is 2.19. The number of hydrogen-bond acceptors (Lipinski definition) is 6. The second kappa shape index (κ2) is 8.79. The van der Waals surface area contributed by atoms with E-state index in [1.807, 2.05) is 6.07 Å². The number of aromatic nitrogens is 3. The molecule has 0 unspecified atom stereocenters. The van der Waals surface area contributed by atoms with Crippen molar-refractivity contribution in [2.75, 3.05) is 33.0 Å². The van der Waals surface area contributed by atoms with Crippen molar-refractivity contribution in [3.05, 3.63) is 16.7 Å². The van der Waals surface area contributed by atoms with Crippen LogP contribution < -0.4 is 4.74 Å². The first-order valence-electron chi connectivity index (χ1n) is 8.84. The van der Waals surface area contributed by atoms with Crippen LogP contribution in [0.3, 0.4) is 0 Å². The lowest BCUT2D eigenvalue weighted by atomic mass is 10.3. The molecule has 2 aromatic heterocycles. The van der Waals surface area contributed by atoms with Crippen LogP contribution in [-0.4, -0.2) is 62.0 Å². The molecule has 2 aromatic rings. The molecule has 0 radical (unpaired) electrons. The molecule has 7 nitrogen and oxygen atoms in total. The Balaban J connectivity index is 1.68. The minimum Gasteiger partial charge on any atom is -0.473 e. The van der Waals surface area contributed by atoms with Crippen LogP contribution in [0.1, 0.15) is 0 Å². The van der Waals surface area contributed by atoms with Crippen molar-refractivity contribution in [1.82, 2.24) is 14.8 Å². The molecular weight excluding hydrogens is 418 g/mol. The van der Waals surface area contributed by atoms with E-state index in [2.05, 4.69) is 45.7 Å². The van der Waals surface area contributed by atoms with Gasteiger partial charge in [-0.1, -0.05) is 19.6 Å². The van der Waals surface area contributed by atoms with Crippen molar-refractivity contribution in [2.24, 2.45) is 0 Å². The lowest BCUT2D eigenvalue weighted by Gasteiger charge is -2.22. The van der Waals surface area contributed by atoms with Crippen LogP contribution in [-0.2, 0) is 20.9 Å². The molecule has 0 amide bonds. The predicted molar refractivity (Wildman–Crippen MR) is 105 cm³/mol. The van der Waals surface area contributed by atoms with Crippen LogP contribution >= 0.6 is 15.9 Å². The maximum Gasteiger partial charge on any atom is 0.242 e. The minimum absolute atomic E-state index is 0.0722. The Hall–Kier alpha value is -1.00. The van der Waals surface area contributed by atoms with Gasteiger partial charge in [0.05, 0.1) is 25.2 Å². The van der Waals surface area contributed by atoms with Crippen LogP contribution in [0.4, 0.5) is 0 Å². The van der Waals surface area contributed by atoms with E-state index >= 15 is 0 Å². The molecule has 1 atom stereocenters. The Labute approximate surface area is 163 Å². The molecule has 0 spiro atoms. The Morgan fingerprint density at radius 3 is 2.92 bits per heavy atom. The van der Waals surface area contributed by atoms with Gasteiger partial charge in [0.15, 0.2) is 5.65 Å². The summed E-state index contributed by atoms with van der Waals surface area (Å²) in [6.07, 6.45) is 1.68. The number of ether oxygens (including phenoxy) is 4. The van der Waals surface area contributed by atoms with Crippen molar-refractivity contribution in [2.45, 2.75) is 38.5 Å². The van der Waals surface area contributed by atoms with Gasteiger partial charge < -0.3 is 18.9 Å². The van der Waals surface area contributed by atoms with Crippen LogP contribution in [0.15, 0.2) is 16.7 Å². The summed E-state index contributed by atoms with van der Waals surface area (Å²) in [4.78, 5) is 4.47. The molecule has 1 aliphatic rings. The predicted octanol–water partition coefficient (Wildman–Crippen LogP) is 3.30. The van der Waals surface area contributed by atoms with Gasteiger partial charge in [-0.25, -0.2) is 9.67 Å². The Bertz CT molecular complexity index is 729. The highest BCUT2D eigenvalue weighted by atomic mass is 79.9. The van der Waals surface area contributed by atoms with Gasteiger partial charge in [0.1, 0.15) is 19.4 Å². The van der Waals surface area contributed by atoms with E-state index < -0.39 is 8.07 Å². The van der Waals surface area contributed by atoms with Gasteiger partial charge in [0.25, 0.3) is 0 Å². The Morgan fingerprint density at radius 1 is 1.35 bits per heavy atom. The van der Waals surface area contributed by atoms with Gasteiger partial charge in [-0.3, -0.25) is 0 Å². The number of hydrogen-bond donors (Lipinski definition) is 0. The lowest BCUT2D eigenvalue weighted by Crippen LogP contribution is -2.33. The van der Waals surface area contributed by atoms with E-state index in [1.54, 1.807) is 10.9 Å². The number of nitrogens with zero attached hydrogens (tertiary/aromatic N) is 3. The number of rotatable bonds is 8. The fourth-order valence-corrected chi connectivity index (χ4v) is 3.62. The van der Waals surface area contributed by atoms with E-state index in [0.29, 0.717) is 39.0 Å². The zero-order chi connectivity index (χ0) is 18.6. The van der Waals surface area contributed by atoms with Crippen molar-refractivity contribution in [1.29, 1.82) is 0 Å². The second-order valence-electron chi connectivity index (χ2n) is 7.56. The highest BCUT2D eigenvalue weighted by Crippen LogP contribution is 2.26. The molecule has 0 saturated carbocycles. The first-order chi connectivity index (χ1) is 12.4. The molecule has 1 saturated heterocycles. The van der Waals surface area contributed by atoms with Gasteiger partial charge in [-0.15, -0.1) is 5.10 Å². The standard InChI is InChI=1S/C17H26BrN3O4Si/c1-26(2,3)7-6-23-12-21-16-15(8-13(18)9-19-16)17(20-21)25-11-14-10-22-4-5-24-14/h8-9,14H,4-7,10-12H2,1-3H3/t14-/m1/s1. The van der Waals surface area contributed by atoms with Gasteiger partial charge in [-0.05, 0) is 28.0 Å². The molecule has 0 bridgehead atoms. The molecule has 26 heavy (non-hydrogen) atoms. The summed E-state index contributed by atoms with van der Waals surface area (Å²) in [5.74, 6) is 0.539. The molecular formula is C17H26BrN3O4Si. The Kier molecular flexibility index (Phi) is 6.68. The molecule has 0 aliphatic carbocycles. The molecule has 0 N–H and O–H groups in total. The van der Waals surface area contributed by atoms with E-state index in [-0.39, 0.29) is 6.10 Å². The molecule has 1 fully saturated rings. The average Bonchev–Trinajstić information content (AvgIpc) is 2.94. The molecule has 0 aromatic carbocycles. The highest BCUT2D eigenvalue weighted by molar-refractivity contribution is 9.10. The topological polar surface area (TPSA) is 67.6 Å². The summed E-state index contributed by atoms with van der Waals surface area (Å²) in [7, 11) is -1.11. The smallest absolute Gasteiger partial charge is 0.242 e. The van der Waals surface area contributed by atoms with E-state index in [4.69, 9.17) is 18.9 Å². The lowest BCUT2D eigenvalue weighted by molar-refractivity contribution is -0.101. The van der Waals surface area contributed by atoms with Crippen LogP contribution in [0.25, 0.3) is 11.0 Å². The number of fused-ring (bicyclic) bond motifs is 1. The van der Waals surface area contributed by atoms with Gasteiger partial charge in [-0.2, -0.15) is 0 Å². The third kappa shape index (κ3) is 5.50. The van der Waals surface area contributed by atoms with E-state index in [1.165, 1.54) is 0 Å². The summed E-state index contributed by atoms with van der Waals surface area (Å²) < 4.78 is 25.4. The fourth-order valence-electron chi connectivity index (χ4n) is 2.54.